The molecule has 0 amide bonds. The van der Waals surface area contributed by atoms with Gasteiger partial charge in [0.1, 0.15) is 6.10 Å². The van der Waals surface area contributed by atoms with Gasteiger partial charge in [-0.2, -0.15) is 0 Å². The first-order valence-corrected chi connectivity index (χ1v) is 9.64. The fourth-order valence-electron chi connectivity index (χ4n) is 7.00. The Morgan fingerprint density at radius 1 is 1.12 bits per heavy atom. The number of terminal acetylenes is 1. The summed E-state index contributed by atoms with van der Waals surface area (Å²) in [6.07, 6.45) is 10.1. The molecule has 4 nitrogen and oxygen atoms in total. The summed E-state index contributed by atoms with van der Waals surface area (Å²) in [5, 5.41) is 42.1. The normalized spacial score (nSPS) is 57.7. The van der Waals surface area contributed by atoms with Crippen LogP contribution >= 0.6 is 0 Å². The summed E-state index contributed by atoms with van der Waals surface area (Å²) >= 11 is 0. The van der Waals surface area contributed by atoms with Crippen molar-refractivity contribution in [1.82, 2.24) is 0 Å². The lowest BCUT2D eigenvalue weighted by atomic mass is 9.46. The molecule has 0 bridgehead atoms. The van der Waals surface area contributed by atoms with Gasteiger partial charge in [-0.15, -0.1) is 6.42 Å². The van der Waals surface area contributed by atoms with E-state index in [1.807, 2.05) is 6.92 Å². The van der Waals surface area contributed by atoms with Crippen molar-refractivity contribution in [1.29, 1.82) is 0 Å². The van der Waals surface area contributed by atoms with Gasteiger partial charge in [0.15, 0.2) is 5.60 Å². The zero-order chi connectivity index (χ0) is 18.2. The Bertz CT molecular complexity index is 651. The van der Waals surface area contributed by atoms with E-state index in [1.165, 1.54) is 0 Å². The molecule has 0 aliphatic heterocycles. The molecular formula is C21H30O4. The molecule has 0 spiro atoms. The van der Waals surface area contributed by atoms with Crippen LogP contribution in [0.25, 0.3) is 0 Å². The molecule has 0 radical (unpaired) electrons. The summed E-state index contributed by atoms with van der Waals surface area (Å²) in [7, 11) is 0. The highest BCUT2D eigenvalue weighted by Gasteiger charge is 2.67. The van der Waals surface area contributed by atoms with Crippen molar-refractivity contribution in [2.24, 2.45) is 28.6 Å². The van der Waals surface area contributed by atoms with Crippen molar-refractivity contribution in [3.63, 3.8) is 0 Å². The van der Waals surface area contributed by atoms with Gasteiger partial charge in [0.2, 0.25) is 0 Å². The SMILES string of the molecule is C#C[C@]1(O)[C@H](O)C[C@H]2[C@@H]3CC=C4[C@@H](O)[C@H](O)CC[C@]4(C)[C@H]3CC[C@@]21C. The summed E-state index contributed by atoms with van der Waals surface area (Å²) in [6.45, 7) is 4.27. The Labute approximate surface area is 150 Å². The van der Waals surface area contributed by atoms with Crippen LogP contribution in [0.15, 0.2) is 11.6 Å². The average Bonchev–Trinajstić information content (AvgIpc) is 2.79. The molecule has 4 rings (SSSR count). The van der Waals surface area contributed by atoms with Crippen molar-refractivity contribution in [3.8, 4) is 12.3 Å². The molecule has 0 heterocycles. The molecule has 3 saturated carbocycles. The standard InChI is InChI=1S/C21H30O4/c1-4-21(25)17(23)11-15-12-5-6-14-18(24)16(22)8-9-19(14,2)13(12)7-10-20(15,21)3/h1,6,12-13,15-18,22-25H,5,7-11H2,2-3H3/t12-,13+,15+,16-,17-,18-,19-,20+,21+/m1/s1. The topological polar surface area (TPSA) is 80.9 Å². The van der Waals surface area contributed by atoms with Gasteiger partial charge in [-0.05, 0) is 67.3 Å². The number of fused-ring (bicyclic) bond motifs is 5. The van der Waals surface area contributed by atoms with Crippen molar-refractivity contribution in [3.05, 3.63) is 11.6 Å². The van der Waals surface area contributed by atoms with Crippen molar-refractivity contribution in [2.75, 3.05) is 0 Å². The molecule has 4 heteroatoms. The highest BCUT2D eigenvalue weighted by Crippen LogP contribution is 2.66. The Kier molecular flexibility index (Phi) is 3.74. The van der Waals surface area contributed by atoms with E-state index in [2.05, 4.69) is 18.9 Å². The van der Waals surface area contributed by atoms with E-state index in [0.717, 1.165) is 31.3 Å². The third-order valence-corrected chi connectivity index (χ3v) is 8.61. The molecule has 25 heavy (non-hydrogen) atoms. The van der Waals surface area contributed by atoms with E-state index in [1.54, 1.807) is 0 Å². The van der Waals surface area contributed by atoms with E-state index in [-0.39, 0.29) is 11.3 Å². The monoisotopic (exact) mass is 346 g/mol. The van der Waals surface area contributed by atoms with Gasteiger partial charge in [-0.25, -0.2) is 0 Å². The van der Waals surface area contributed by atoms with E-state index >= 15 is 0 Å². The summed E-state index contributed by atoms with van der Waals surface area (Å²) in [6, 6.07) is 0. The van der Waals surface area contributed by atoms with Crippen LogP contribution in [0.4, 0.5) is 0 Å². The number of aliphatic hydroxyl groups excluding tert-OH is 3. The minimum atomic E-state index is -1.45. The molecule has 3 fully saturated rings. The minimum Gasteiger partial charge on any atom is -0.390 e. The van der Waals surface area contributed by atoms with Gasteiger partial charge >= 0.3 is 0 Å². The third kappa shape index (κ3) is 1.99. The summed E-state index contributed by atoms with van der Waals surface area (Å²) in [5.41, 5.74) is -1.01. The predicted octanol–water partition coefficient (Wildman–Crippen LogP) is 1.62. The van der Waals surface area contributed by atoms with E-state index < -0.39 is 29.3 Å². The minimum absolute atomic E-state index is 0.106. The second-order valence-electron chi connectivity index (χ2n) is 9.36. The van der Waals surface area contributed by atoms with Crippen LogP contribution < -0.4 is 0 Å². The second-order valence-corrected chi connectivity index (χ2v) is 9.36. The molecule has 0 saturated heterocycles. The number of aliphatic hydroxyl groups is 4. The lowest BCUT2D eigenvalue weighted by molar-refractivity contribution is -0.123. The van der Waals surface area contributed by atoms with Gasteiger partial charge in [-0.3, -0.25) is 0 Å². The van der Waals surface area contributed by atoms with Crippen LogP contribution in [-0.2, 0) is 0 Å². The van der Waals surface area contributed by atoms with Crippen LogP contribution in [0.3, 0.4) is 0 Å². The number of rotatable bonds is 0. The summed E-state index contributed by atoms with van der Waals surface area (Å²) in [5.74, 6) is 3.46. The largest absolute Gasteiger partial charge is 0.390 e. The summed E-state index contributed by atoms with van der Waals surface area (Å²) in [4.78, 5) is 0. The van der Waals surface area contributed by atoms with E-state index in [4.69, 9.17) is 6.42 Å². The first-order valence-electron chi connectivity index (χ1n) is 9.64. The fourth-order valence-corrected chi connectivity index (χ4v) is 7.00. The van der Waals surface area contributed by atoms with Crippen molar-refractivity contribution >= 4 is 0 Å². The quantitative estimate of drug-likeness (QED) is 0.397. The zero-order valence-electron chi connectivity index (χ0n) is 15.2. The van der Waals surface area contributed by atoms with Gasteiger partial charge in [0, 0.05) is 5.41 Å². The van der Waals surface area contributed by atoms with Crippen molar-refractivity contribution in [2.45, 2.75) is 76.3 Å². The fraction of sp³-hybridized carbons (Fsp3) is 0.810. The van der Waals surface area contributed by atoms with Crippen LogP contribution in [0.2, 0.25) is 0 Å². The molecule has 0 aromatic rings. The molecular weight excluding hydrogens is 316 g/mol. The Morgan fingerprint density at radius 3 is 2.52 bits per heavy atom. The second kappa shape index (κ2) is 5.33. The van der Waals surface area contributed by atoms with E-state index in [0.29, 0.717) is 24.7 Å². The lowest BCUT2D eigenvalue weighted by Gasteiger charge is -2.58. The van der Waals surface area contributed by atoms with Gasteiger partial charge in [-0.1, -0.05) is 25.8 Å². The van der Waals surface area contributed by atoms with Gasteiger partial charge in [0.25, 0.3) is 0 Å². The lowest BCUT2D eigenvalue weighted by Crippen LogP contribution is -2.57. The highest BCUT2D eigenvalue weighted by molar-refractivity contribution is 5.32. The molecule has 4 N–H and O–H groups in total. The van der Waals surface area contributed by atoms with Crippen LogP contribution in [0, 0.1) is 40.9 Å². The first kappa shape index (κ1) is 17.5. The molecule has 138 valence electrons. The van der Waals surface area contributed by atoms with Crippen LogP contribution in [0.5, 0.6) is 0 Å². The van der Waals surface area contributed by atoms with E-state index in [9.17, 15) is 20.4 Å². The Balaban J connectivity index is 1.73. The van der Waals surface area contributed by atoms with Crippen molar-refractivity contribution < 1.29 is 20.4 Å². The maximum absolute atomic E-state index is 11.0. The number of hydrogen-bond donors (Lipinski definition) is 4. The highest BCUT2D eigenvalue weighted by atomic mass is 16.3. The molecule has 0 unspecified atom stereocenters. The van der Waals surface area contributed by atoms with Crippen LogP contribution in [-0.4, -0.2) is 44.3 Å². The average molecular weight is 346 g/mol. The molecule has 4 aliphatic carbocycles. The Morgan fingerprint density at radius 2 is 1.84 bits per heavy atom. The maximum atomic E-state index is 11.0. The number of allylic oxidation sites excluding steroid dienone is 1. The van der Waals surface area contributed by atoms with Gasteiger partial charge in [0.05, 0.1) is 12.2 Å². The third-order valence-electron chi connectivity index (χ3n) is 8.61. The molecule has 9 atom stereocenters. The predicted molar refractivity (Wildman–Crippen MR) is 94.3 cm³/mol. The summed E-state index contributed by atoms with van der Waals surface area (Å²) < 4.78 is 0. The van der Waals surface area contributed by atoms with Gasteiger partial charge < -0.3 is 20.4 Å². The molecule has 4 aliphatic rings. The smallest absolute Gasteiger partial charge is 0.156 e. The first-order chi connectivity index (χ1) is 11.7. The maximum Gasteiger partial charge on any atom is 0.156 e. The molecule has 0 aromatic heterocycles. The Hall–Kier alpha value is -0.860. The molecule has 0 aromatic carbocycles. The zero-order valence-corrected chi connectivity index (χ0v) is 15.2. The number of hydrogen-bond acceptors (Lipinski definition) is 4. The van der Waals surface area contributed by atoms with Crippen LogP contribution in [0.1, 0.15) is 52.4 Å².